The first-order valence-corrected chi connectivity index (χ1v) is 6.85. The van der Waals surface area contributed by atoms with E-state index in [4.69, 9.17) is 23.8 Å². The second kappa shape index (κ2) is 5.65. The van der Waals surface area contributed by atoms with Crippen LogP contribution in [-0.2, 0) is 6.54 Å². The minimum absolute atomic E-state index is 0.0745. The monoisotopic (exact) mass is 298 g/mol. The topological polar surface area (TPSA) is 48.4 Å². The van der Waals surface area contributed by atoms with Crippen molar-refractivity contribution in [2.24, 2.45) is 4.99 Å². The number of hydrogen-bond donors (Lipinski definition) is 2. The summed E-state index contributed by atoms with van der Waals surface area (Å²) in [7, 11) is 0. The normalized spacial score (nSPS) is 11.8. The number of aromatic nitrogens is 1. The van der Waals surface area contributed by atoms with Gasteiger partial charge in [0.05, 0.1) is 12.3 Å². The molecule has 0 amide bonds. The first-order valence-electron chi connectivity index (χ1n) is 5.25. The number of aromatic hydroxyl groups is 1. The summed E-state index contributed by atoms with van der Waals surface area (Å²) in [6.45, 7) is 2.32. The Bertz CT molecular complexity index is 646. The van der Waals surface area contributed by atoms with Crippen LogP contribution in [0.1, 0.15) is 17.4 Å². The molecule has 1 heterocycles. The number of benzene rings is 1. The first kappa shape index (κ1) is 13.3. The van der Waals surface area contributed by atoms with E-state index in [1.807, 2.05) is 31.2 Å². The van der Waals surface area contributed by atoms with Gasteiger partial charge in [-0.25, -0.2) is 0 Å². The molecule has 0 bridgehead atoms. The van der Waals surface area contributed by atoms with Crippen molar-refractivity contribution in [3.8, 4) is 5.88 Å². The summed E-state index contributed by atoms with van der Waals surface area (Å²) in [5.41, 5.74) is 1.70. The quantitative estimate of drug-likeness (QED) is 0.660. The molecule has 0 aliphatic heterocycles. The molecule has 1 aromatic carbocycles. The Kier molecular flexibility index (Phi) is 4.16. The number of nitrogens with one attached hydrogen (secondary N) is 1. The molecule has 0 saturated heterocycles. The Balaban J connectivity index is 2.22. The van der Waals surface area contributed by atoms with Crippen molar-refractivity contribution in [3.63, 3.8) is 0 Å². The molecule has 0 aliphatic carbocycles. The molecular formula is C12H11ClN2OS2. The average Bonchev–Trinajstić information content (AvgIpc) is 2.67. The minimum atomic E-state index is 0.0745. The van der Waals surface area contributed by atoms with Crippen LogP contribution < -0.4 is 0 Å². The van der Waals surface area contributed by atoms with E-state index in [0.717, 1.165) is 11.3 Å². The fourth-order valence-electron chi connectivity index (χ4n) is 1.47. The summed E-state index contributed by atoms with van der Waals surface area (Å²) in [5.74, 6) is 0.0745. The summed E-state index contributed by atoms with van der Waals surface area (Å²) >= 11 is 12.3. The van der Waals surface area contributed by atoms with Gasteiger partial charge in [0, 0.05) is 5.02 Å². The van der Waals surface area contributed by atoms with Crippen LogP contribution in [0.25, 0.3) is 0 Å². The lowest BCUT2D eigenvalue weighted by Gasteiger charge is -2.01. The van der Waals surface area contributed by atoms with Crippen molar-refractivity contribution >= 4 is 40.9 Å². The summed E-state index contributed by atoms with van der Waals surface area (Å²) in [6, 6.07) is 7.56. The summed E-state index contributed by atoms with van der Waals surface area (Å²) in [6.07, 6.45) is 0. The molecule has 0 saturated carbocycles. The van der Waals surface area contributed by atoms with E-state index in [9.17, 15) is 5.11 Å². The Morgan fingerprint density at radius 2 is 2.22 bits per heavy atom. The molecule has 0 unspecified atom stereocenters. The molecule has 0 fully saturated rings. The number of H-pyrrole nitrogens is 1. The molecule has 0 radical (unpaired) electrons. The Morgan fingerprint density at radius 1 is 1.50 bits per heavy atom. The first-order chi connectivity index (χ1) is 8.58. The van der Waals surface area contributed by atoms with Crippen LogP contribution in [0.5, 0.6) is 5.88 Å². The third-order valence-electron chi connectivity index (χ3n) is 2.40. The van der Waals surface area contributed by atoms with E-state index >= 15 is 0 Å². The fraction of sp³-hybridized carbons (Fsp3) is 0.167. The van der Waals surface area contributed by atoms with Gasteiger partial charge < -0.3 is 10.1 Å². The fourth-order valence-corrected chi connectivity index (χ4v) is 2.70. The lowest BCUT2D eigenvalue weighted by Crippen LogP contribution is -1.93. The van der Waals surface area contributed by atoms with Gasteiger partial charge in [-0.15, -0.1) is 0 Å². The van der Waals surface area contributed by atoms with Crippen molar-refractivity contribution in [3.05, 3.63) is 43.7 Å². The van der Waals surface area contributed by atoms with Crippen LogP contribution >= 0.6 is 35.2 Å². The highest BCUT2D eigenvalue weighted by atomic mass is 35.5. The van der Waals surface area contributed by atoms with Gasteiger partial charge in [0.15, 0.2) is 3.95 Å². The van der Waals surface area contributed by atoms with Crippen LogP contribution in [0.2, 0.25) is 5.02 Å². The largest absolute Gasteiger partial charge is 0.493 e. The number of hydrogen-bond acceptors (Lipinski definition) is 4. The molecule has 3 nitrogen and oxygen atoms in total. The highest BCUT2D eigenvalue weighted by Gasteiger charge is 2.08. The zero-order valence-electron chi connectivity index (χ0n) is 9.61. The van der Waals surface area contributed by atoms with E-state index in [0.29, 0.717) is 20.4 Å². The molecule has 0 spiro atoms. The highest BCUT2D eigenvalue weighted by Crippen LogP contribution is 2.23. The smallest absolute Gasteiger partial charge is 0.209 e. The molecule has 1 aromatic heterocycles. The number of halogens is 1. The number of nitrogens with zero attached hydrogens (tertiary/aromatic N) is 1. The van der Waals surface area contributed by atoms with Gasteiger partial charge in [-0.2, -0.15) is 0 Å². The number of aliphatic imine (C=N–C) groups is 1. The SMILES string of the molecule is CC(=NCc1ccccc1Cl)c1sc(=S)[nH]c1O. The van der Waals surface area contributed by atoms with Crippen molar-refractivity contribution in [1.29, 1.82) is 0 Å². The predicted molar refractivity (Wildman–Crippen MR) is 78.5 cm³/mol. The van der Waals surface area contributed by atoms with Gasteiger partial charge in [0.25, 0.3) is 0 Å². The molecule has 0 atom stereocenters. The average molecular weight is 299 g/mol. The van der Waals surface area contributed by atoms with Crippen molar-refractivity contribution in [1.82, 2.24) is 4.98 Å². The molecule has 18 heavy (non-hydrogen) atoms. The lowest BCUT2D eigenvalue weighted by atomic mass is 10.2. The second-order valence-electron chi connectivity index (χ2n) is 3.69. The van der Waals surface area contributed by atoms with Gasteiger partial charge >= 0.3 is 0 Å². The molecule has 2 N–H and O–H groups in total. The van der Waals surface area contributed by atoms with Gasteiger partial charge in [-0.05, 0) is 30.8 Å². The zero-order valence-corrected chi connectivity index (χ0v) is 12.0. The van der Waals surface area contributed by atoms with Crippen LogP contribution in [0.4, 0.5) is 0 Å². The molecule has 6 heteroatoms. The van der Waals surface area contributed by atoms with E-state index in [-0.39, 0.29) is 5.88 Å². The van der Waals surface area contributed by atoms with E-state index in [2.05, 4.69) is 9.98 Å². The zero-order chi connectivity index (χ0) is 13.1. The van der Waals surface area contributed by atoms with E-state index in [1.165, 1.54) is 11.3 Å². The summed E-state index contributed by atoms with van der Waals surface area (Å²) < 4.78 is 0.537. The van der Waals surface area contributed by atoms with Gasteiger partial charge in [-0.1, -0.05) is 41.1 Å². The number of thiazole rings is 1. The maximum Gasteiger partial charge on any atom is 0.209 e. The molecule has 2 rings (SSSR count). The third-order valence-corrected chi connectivity index (χ3v) is 4.10. The van der Waals surface area contributed by atoms with Crippen LogP contribution in [-0.4, -0.2) is 15.8 Å². The van der Waals surface area contributed by atoms with E-state index < -0.39 is 0 Å². The molecule has 0 aliphatic rings. The third kappa shape index (κ3) is 2.98. The highest BCUT2D eigenvalue weighted by molar-refractivity contribution is 7.73. The van der Waals surface area contributed by atoms with E-state index in [1.54, 1.807) is 0 Å². The van der Waals surface area contributed by atoms with Crippen LogP contribution in [0.3, 0.4) is 0 Å². The number of rotatable bonds is 3. The Hall–Kier alpha value is -1.17. The molecule has 2 aromatic rings. The van der Waals surface area contributed by atoms with Gasteiger partial charge in [-0.3, -0.25) is 4.99 Å². The predicted octanol–water partition coefficient (Wildman–Crippen LogP) is 4.17. The van der Waals surface area contributed by atoms with Crippen molar-refractivity contribution < 1.29 is 5.11 Å². The van der Waals surface area contributed by atoms with Crippen molar-refractivity contribution in [2.75, 3.05) is 0 Å². The second-order valence-corrected chi connectivity index (χ2v) is 5.78. The van der Waals surface area contributed by atoms with Crippen LogP contribution in [0.15, 0.2) is 29.3 Å². The summed E-state index contributed by atoms with van der Waals surface area (Å²) in [5, 5.41) is 10.3. The Labute approximate surface area is 119 Å². The van der Waals surface area contributed by atoms with Crippen LogP contribution in [0, 0.1) is 3.95 Å². The Morgan fingerprint density at radius 3 is 2.83 bits per heavy atom. The number of aromatic amines is 1. The molecular weight excluding hydrogens is 288 g/mol. The standard InChI is InChI=1S/C12H11ClN2OS2/c1-7(10-11(16)15-12(17)18-10)14-6-8-4-2-3-5-9(8)13/h2-5,16H,6H2,1H3,(H,15,17). The van der Waals surface area contributed by atoms with Gasteiger partial charge in [0.2, 0.25) is 5.88 Å². The summed E-state index contributed by atoms with van der Waals surface area (Å²) in [4.78, 5) is 7.77. The maximum atomic E-state index is 9.63. The van der Waals surface area contributed by atoms with Crippen molar-refractivity contribution in [2.45, 2.75) is 13.5 Å². The lowest BCUT2D eigenvalue weighted by molar-refractivity contribution is 0.456. The van der Waals surface area contributed by atoms with Gasteiger partial charge in [0.1, 0.15) is 4.88 Å². The minimum Gasteiger partial charge on any atom is -0.493 e. The molecule has 94 valence electrons. The maximum absolute atomic E-state index is 9.63.